The number of carbonyl (C=O) groups is 2. The highest BCUT2D eigenvalue weighted by atomic mass is 79.9. The van der Waals surface area contributed by atoms with Crippen molar-refractivity contribution in [2.45, 2.75) is 17.9 Å². The molecular formula is C12H14BrNO4S. The van der Waals surface area contributed by atoms with Crippen molar-refractivity contribution in [1.29, 1.82) is 0 Å². The molecule has 0 aliphatic heterocycles. The summed E-state index contributed by atoms with van der Waals surface area (Å²) in [5, 5.41) is 2.43. The Bertz CT molecular complexity index is 506. The van der Waals surface area contributed by atoms with Gasteiger partial charge in [0.05, 0.1) is 28.6 Å². The van der Waals surface area contributed by atoms with Crippen molar-refractivity contribution >= 4 is 38.6 Å². The number of rotatable bonds is 5. The van der Waals surface area contributed by atoms with Gasteiger partial charge in [0.1, 0.15) is 6.04 Å². The van der Waals surface area contributed by atoms with E-state index in [2.05, 4.69) is 26.0 Å². The van der Waals surface area contributed by atoms with Gasteiger partial charge in [-0.1, -0.05) is 12.1 Å². The quantitative estimate of drug-likeness (QED) is 0.813. The lowest BCUT2D eigenvalue weighted by atomic mass is 10.3. The average molecular weight is 348 g/mol. The summed E-state index contributed by atoms with van der Waals surface area (Å²) in [7, 11) is -0.205. The molecule has 0 spiro atoms. The van der Waals surface area contributed by atoms with Crippen LogP contribution >= 0.6 is 15.9 Å². The summed E-state index contributed by atoms with van der Waals surface area (Å²) in [5.74, 6) is -1.02. The molecule has 1 rings (SSSR count). The Balaban J connectivity index is 2.85. The Morgan fingerprint density at radius 2 is 2.05 bits per heavy atom. The van der Waals surface area contributed by atoms with E-state index in [1.165, 1.54) is 14.0 Å². The van der Waals surface area contributed by atoms with Crippen LogP contribution in [0, 0.1) is 0 Å². The van der Waals surface area contributed by atoms with Gasteiger partial charge in [0.15, 0.2) is 0 Å². The number of ether oxygens (including phenoxy) is 1. The van der Waals surface area contributed by atoms with Crippen LogP contribution in [0.5, 0.6) is 0 Å². The molecule has 0 bridgehead atoms. The topological polar surface area (TPSA) is 72.5 Å². The summed E-state index contributed by atoms with van der Waals surface area (Å²) >= 11 is 3.30. The van der Waals surface area contributed by atoms with Crippen LogP contribution in [0.15, 0.2) is 33.6 Å². The van der Waals surface area contributed by atoms with Crippen molar-refractivity contribution in [1.82, 2.24) is 5.32 Å². The molecule has 0 heterocycles. The lowest BCUT2D eigenvalue weighted by Gasteiger charge is -2.15. The van der Waals surface area contributed by atoms with E-state index < -0.39 is 22.8 Å². The molecule has 104 valence electrons. The van der Waals surface area contributed by atoms with Crippen LogP contribution in [-0.2, 0) is 25.1 Å². The largest absolute Gasteiger partial charge is 0.467 e. The van der Waals surface area contributed by atoms with E-state index in [4.69, 9.17) is 0 Å². The van der Waals surface area contributed by atoms with Crippen molar-refractivity contribution in [3.8, 4) is 0 Å². The van der Waals surface area contributed by atoms with Gasteiger partial charge >= 0.3 is 5.97 Å². The molecule has 0 aromatic heterocycles. The Morgan fingerprint density at radius 1 is 1.42 bits per heavy atom. The third kappa shape index (κ3) is 4.76. The van der Waals surface area contributed by atoms with E-state index in [0.717, 1.165) is 0 Å². The molecule has 19 heavy (non-hydrogen) atoms. The van der Waals surface area contributed by atoms with E-state index in [1.54, 1.807) is 24.3 Å². The Morgan fingerprint density at radius 3 is 2.58 bits per heavy atom. The summed E-state index contributed by atoms with van der Waals surface area (Å²) in [6.07, 6.45) is 0. The fourth-order valence-corrected chi connectivity index (χ4v) is 3.47. The number of hydrogen-bond donors (Lipinski definition) is 1. The second-order valence-electron chi connectivity index (χ2n) is 3.72. The van der Waals surface area contributed by atoms with Crippen molar-refractivity contribution < 1.29 is 18.5 Å². The maximum absolute atomic E-state index is 12.2. The van der Waals surface area contributed by atoms with Gasteiger partial charge < -0.3 is 10.1 Å². The summed E-state index contributed by atoms with van der Waals surface area (Å²) in [4.78, 5) is 23.1. The molecule has 0 saturated carbocycles. The van der Waals surface area contributed by atoms with E-state index in [1.807, 2.05) is 0 Å². The van der Waals surface area contributed by atoms with Gasteiger partial charge in [-0.2, -0.15) is 0 Å². The van der Waals surface area contributed by atoms with Crippen LogP contribution in [0.2, 0.25) is 0 Å². The minimum Gasteiger partial charge on any atom is -0.467 e. The molecule has 5 nitrogen and oxygen atoms in total. The maximum atomic E-state index is 12.2. The number of benzene rings is 1. The molecule has 0 aliphatic rings. The highest BCUT2D eigenvalue weighted by Gasteiger charge is 2.24. The molecule has 7 heteroatoms. The molecular weight excluding hydrogens is 334 g/mol. The highest BCUT2D eigenvalue weighted by molar-refractivity contribution is 9.10. The molecule has 0 aliphatic carbocycles. The maximum Gasteiger partial charge on any atom is 0.329 e. The van der Waals surface area contributed by atoms with Gasteiger partial charge in [0.2, 0.25) is 5.91 Å². The van der Waals surface area contributed by atoms with E-state index in [9.17, 15) is 13.8 Å². The minimum atomic E-state index is -1.43. The first-order chi connectivity index (χ1) is 8.95. The molecule has 2 atom stereocenters. The SMILES string of the molecule is COC(=O)C(CS(=O)c1ccccc1Br)NC(C)=O. The van der Waals surface area contributed by atoms with Crippen LogP contribution < -0.4 is 5.32 Å². The standard InChI is InChI=1S/C12H14BrNO4S/c1-8(15)14-10(12(16)18-2)7-19(17)11-6-4-3-5-9(11)13/h3-6,10H,7H2,1-2H3,(H,14,15). The first kappa shape index (κ1) is 15.8. The second-order valence-corrected chi connectivity index (χ2v) is 6.04. The zero-order valence-corrected chi connectivity index (χ0v) is 12.9. The van der Waals surface area contributed by atoms with Crippen molar-refractivity contribution in [3.63, 3.8) is 0 Å². The first-order valence-electron chi connectivity index (χ1n) is 5.43. The summed E-state index contributed by atoms with van der Waals surface area (Å²) in [6, 6.07) is 6.09. The summed E-state index contributed by atoms with van der Waals surface area (Å²) in [5.41, 5.74) is 0. The van der Waals surface area contributed by atoms with Crippen molar-refractivity contribution in [2.24, 2.45) is 0 Å². The molecule has 0 saturated heterocycles. The molecule has 0 fully saturated rings. The smallest absolute Gasteiger partial charge is 0.329 e. The Kier molecular flexibility index (Phi) is 6.17. The fraction of sp³-hybridized carbons (Fsp3) is 0.333. The third-order valence-electron chi connectivity index (χ3n) is 2.26. The molecule has 1 N–H and O–H groups in total. The second kappa shape index (κ2) is 7.40. The Labute approximate surface area is 122 Å². The average Bonchev–Trinajstić information content (AvgIpc) is 2.36. The normalized spacial score (nSPS) is 13.4. The Hall–Kier alpha value is -1.21. The van der Waals surface area contributed by atoms with Crippen molar-refractivity contribution in [2.75, 3.05) is 12.9 Å². The zero-order valence-electron chi connectivity index (χ0n) is 10.5. The fourth-order valence-electron chi connectivity index (χ4n) is 1.43. The van der Waals surface area contributed by atoms with E-state index in [-0.39, 0.29) is 11.7 Å². The number of halogens is 1. The molecule has 1 aromatic carbocycles. The van der Waals surface area contributed by atoms with Crippen LogP contribution in [0.4, 0.5) is 0 Å². The predicted octanol–water partition coefficient (Wildman–Crippen LogP) is 1.23. The lowest BCUT2D eigenvalue weighted by molar-refractivity contribution is -0.144. The van der Waals surface area contributed by atoms with Gasteiger partial charge in [-0.3, -0.25) is 9.00 Å². The van der Waals surface area contributed by atoms with Gasteiger partial charge in [-0.05, 0) is 28.1 Å². The van der Waals surface area contributed by atoms with Crippen LogP contribution in [0.3, 0.4) is 0 Å². The third-order valence-corrected chi connectivity index (χ3v) is 4.70. The molecule has 0 radical (unpaired) electrons. The molecule has 1 aromatic rings. The monoisotopic (exact) mass is 347 g/mol. The number of hydrogen-bond acceptors (Lipinski definition) is 4. The first-order valence-corrected chi connectivity index (χ1v) is 7.54. The van der Waals surface area contributed by atoms with Crippen LogP contribution in [-0.4, -0.2) is 35.0 Å². The molecule has 1 amide bonds. The van der Waals surface area contributed by atoms with Crippen LogP contribution in [0.25, 0.3) is 0 Å². The predicted molar refractivity (Wildman–Crippen MR) is 75.0 cm³/mol. The van der Waals surface area contributed by atoms with Gasteiger partial charge in [0, 0.05) is 11.4 Å². The number of methoxy groups -OCH3 is 1. The minimum absolute atomic E-state index is 0.0329. The summed E-state index contributed by atoms with van der Waals surface area (Å²) in [6.45, 7) is 1.29. The lowest BCUT2D eigenvalue weighted by Crippen LogP contribution is -2.44. The molecule has 2 unspecified atom stereocenters. The van der Waals surface area contributed by atoms with Gasteiger partial charge in [0.25, 0.3) is 0 Å². The zero-order chi connectivity index (χ0) is 14.4. The number of esters is 1. The highest BCUT2D eigenvalue weighted by Crippen LogP contribution is 2.20. The number of carbonyl (C=O) groups excluding carboxylic acids is 2. The van der Waals surface area contributed by atoms with Gasteiger partial charge in [-0.25, -0.2) is 4.79 Å². The van der Waals surface area contributed by atoms with E-state index >= 15 is 0 Å². The number of nitrogens with one attached hydrogen (secondary N) is 1. The van der Waals surface area contributed by atoms with Gasteiger partial charge in [-0.15, -0.1) is 0 Å². The van der Waals surface area contributed by atoms with Crippen molar-refractivity contribution in [3.05, 3.63) is 28.7 Å². The summed E-state index contributed by atoms with van der Waals surface area (Å²) < 4.78 is 17.5. The number of amides is 1. The van der Waals surface area contributed by atoms with Crippen LogP contribution in [0.1, 0.15) is 6.92 Å². The van der Waals surface area contributed by atoms with E-state index in [0.29, 0.717) is 9.37 Å².